The van der Waals surface area contributed by atoms with Crippen molar-refractivity contribution in [3.63, 3.8) is 0 Å². The van der Waals surface area contributed by atoms with E-state index in [1.54, 1.807) is 11.8 Å². The third-order valence-corrected chi connectivity index (χ3v) is 4.12. The molecule has 1 saturated heterocycles. The van der Waals surface area contributed by atoms with E-state index >= 15 is 0 Å². The minimum absolute atomic E-state index is 0.127. The number of carboxylic acid groups (broad SMARTS) is 1. The van der Waals surface area contributed by atoms with E-state index in [0.29, 0.717) is 0 Å². The molecule has 1 heterocycles. The third kappa shape index (κ3) is 1.23. The second kappa shape index (κ2) is 2.64. The van der Waals surface area contributed by atoms with Crippen molar-refractivity contribution in [1.29, 1.82) is 0 Å². The Labute approximate surface area is 75.9 Å². The normalized spacial score (nSPS) is 46.1. The van der Waals surface area contributed by atoms with Gasteiger partial charge >= 0.3 is 5.97 Å². The average Bonchev–Trinajstić information content (AvgIpc) is 2.31. The zero-order chi connectivity index (χ0) is 8.77. The molecule has 2 aliphatic rings. The molecule has 1 saturated carbocycles. The van der Waals surface area contributed by atoms with E-state index in [9.17, 15) is 4.79 Å². The minimum Gasteiger partial charge on any atom is -0.480 e. The maximum Gasteiger partial charge on any atom is 0.321 e. The Morgan fingerprint density at radius 3 is 2.75 bits per heavy atom. The fraction of sp³-hybridized carbons (Fsp3) is 0.875. The molecule has 12 heavy (non-hydrogen) atoms. The van der Waals surface area contributed by atoms with Crippen LogP contribution in [0.15, 0.2) is 0 Å². The van der Waals surface area contributed by atoms with Crippen LogP contribution in [-0.4, -0.2) is 27.7 Å². The molecule has 0 bridgehead atoms. The predicted molar refractivity (Wildman–Crippen MR) is 48.1 cm³/mol. The van der Waals surface area contributed by atoms with Crippen molar-refractivity contribution in [2.75, 3.05) is 5.75 Å². The SMILES string of the molecule is CC1CC2(C1)N[C@H](C(=O)O)CS2. The Balaban J connectivity index is 1.95. The second-order valence-corrected chi connectivity index (χ2v) is 5.26. The monoisotopic (exact) mass is 187 g/mol. The fourth-order valence-corrected chi connectivity index (χ4v) is 3.82. The molecule has 0 aromatic heterocycles. The van der Waals surface area contributed by atoms with Gasteiger partial charge in [-0.25, -0.2) is 0 Å². The first kappa shape index (κ1) is 8.38. The number of aliphatic carboxylic acids is 1. The third-order valence-electron chi connectivity index (χ3n) is 2.62. The van der Waals surface area contributed by atoms with E-state index < -0.39 is 5.97 Å². The zero-order valence-electron chi connectivity index (χ0n) is 7.04. The maximum absolute atomic E-state index is 10.6. The smallest absolute Gasteiger partial charge is 0.321 e. The molecule has 1 aliphatic carbocycles. The minimum atomic E-state index is -0.709. The van der Waals surface area contributed by atoms with Crippen LogP contribution < -0.4 is 5.32 Å². The summed E-state index contributed by atoms with van der Waals surface area (Å²) in [5.41, 5.74) is 0. The molecule has 2 rings (SSSR count). The van der Waals surface area contributed by atoms with Crippen molar-refractivity contribution in [3.8, 4) is 0 Å². The highest BCUT2D eigenvalue weighted by Gasteiger charge is 2.49. The Morgan fingerprint density at radius 2 is 2.33 bits per heavy atom. The van der Waals surface area contributed by atoms with Gasteiger partial charge in [-0.05, 0) is 18.8 Å². The summed E-state index contributed by atoms with van der Waals surface area (Å²) in [6.07, 6.45) is 2.25. The van der Waals surface area contributed by atoms with Gasteiger partial charge in [0.2, 0.25) is 0 Å². The van der Waals surface area contributed by atoms with Gasteiger partial charge in [0.15, 0.2) is 0 Å². The number of thioether (sulfide) groups is 1. The van der Waals surface area contributed by atoms with Crippen LogP contribution in [0.4, 0.5) is 0 Å². The van der Waals surface area contributed by atoms with Crippen molar-refractivity contribution in [1.82, 2.24) is 5.32 Å². The standard InChI is InChI=1S/C8H13NO2S/c1-5-2-8(3-5)9-6(4-12-8)7(10)11/h5-6,9H,2-4H2,1H3,(H,10,11)/t5?,6-,8?/m0/s1. The number of carboxylic acids is 1. The van der Waals surface area contributed by atoms with E-state index in [1.807, 2.05) is 0 Å². The van der Waals surface area contributed by atoms with Crippen LogP contribution in [-0.2, 0) is 4.79 Å². The van der Waals surface area contributed by atoms with E-state index in [4.69, 9.17) is 5.11 Å². The molecule has 1 spiro atoms. The van der Waals surface area contributed by atoms with Gasteiger partial charge in [-0.1, -0.05) is 6.92 Å². The molecule has 2 fully saturated rings. The van der Waals surface area contributed by atoms with Gasteiger partial charge in [0.05, 0.1) is 4.87 Å². The van der Waals surface area contributed by atoms with Gasteiger partial charge in [-0.3, -0.25) is 10.1 Å². The summed E-state index contributed by atoms with van der Waals surface area (Å²) in [6.45, 7) is 2.21. The summed E-state index contributed by atoms with van der Waals surface area (Å²) < 4.78 is 0. The summed E-state index contributed by atoms with van der Waals surface area (Å²) >= 11 is 1.78. The molecule has 3 nitrogen and oxygen atoms in total. The summed E-state index contributed by atoms with van der Waals surface area (Å²) in [7, 11) is 0. The number of hydrogen-bond donors (Lipinski definition) is 2. The molecular weight excluding hydrogens is 174 g/mol. The molecule has 0 unspecified atom stereocenters. The number of hydrogen-bond acceptors (Lipinski definition) is 3. The second-order valence-electron chi connectivity index (χ2n) is 3.85. The van der Waals surface area contributed by atoms with Crippen LogP contribution >= 0.6 is 11.8 Å². The lowest BCUT2D eigenvalue weighted by Gasteiger charge is -2.43. The molecule has 0 aromatic carbocycles. The Hall–Kier alpha value is -0.220. The van der Waals surface area contributed by atoms with Crippen LogP contribution in [0.2, 0.25) is 0 Å². The molecule has 1 aliphatic heterocycles. The van der Waals surface area contributed by atoms with E-state index in [2.05, 4.69) is 12.2 Å². The van der Waals surface area contributed by atoms with Gasteiger partial charge in [0.1, 0.15) is 6.04 Å². The summed E-state index contributed by atoms with van der Waals surface area (Å²) in [6, 6.07) is -0.317. The molecule has 0 aromatic rings. The van der Waals surface area contributed by atoms with Crippen LogP contribution in [0.3, 0.4) is 0 Å². The van der Waals surface area contributed by atoms with E-state index in [0.717, 1.165) is 24.5 Å². The van der Waals surface area contributed by atoms with Gasteiger partial charge in [0.25, 0.3) is 0 Å². The average molecular weight is 187 g/mol. The molecule has 4 heteroatoms. The molecule has 68 valence electrons. The summed E-state index contributed by atoms with van der Waals surface area (Å²) in [5, 5.41) is 12.0. The lowest BCUT2D eigenvalue weighted by Crippen LogP contribution is -2.52. The Kier molecular flexibility index (Phi) is 1.84. The molecule has 0 amide bonds. The highest BCUT2D eigenvalue weighted by atomic mass is 32.2. The van der Waals surface area contributed by atoms with Crippen molar-refractivity contribution < 1.29 is 9.90 Å². The van der Waals surface area contributed by atoms with Crippen molar-refractivity contribution in [2.45, 2.75) is 30.7 Å². The van der Waals surface area contributed by atoms with Gasteiger partial charge < -0.3 is 5.11 Å². The van der Waals surface area contributed by atoms with Crippen LogP contribution in [0.25, 0.3) is 0 Å². The van der Waals surface area contributed by atoms with Crippen LogP contribution in [0, 0.1) is 5.92 Å². The van der Waals surface area contributed by atoms with E-state index in [-0.39, 0.29) is 10.9 Å². The molecule has 1 atom stereocenters. The van der Waals surface area contributed by atoms with Crippen LogP contribution in [0.1, 0.15) is 19.8 Å². The van der Waals surface area contributed by atoms with Gasteiger partial charge in [0, 0.05) is 5.75 Å². The highest BCUT2D eigenvalue weighted by molar-refractivity contribution is 8.01. The predicted octanol–water partition coefficient (Wildman–Crippen LogP) is 0.902. The van der Waals surface area contributed by atoms with E-state index in [1.165, 1.54) is 0 Å². The Bertz CT molecular complexity index is 213. The fourth-order valence-electron chi connectivity index (χ4n) is 2.08. The first-order valence-corrected chi connectivity index (χ1v) is 5.24. The van der Waals surface area contributed by atoms with Crippen molar-refractivity contribution in [3.05, 3.63) is 0 Å². The first-order chi connectivity index (χ1) is 5.61. The lowest BCUT2D eigenvalue weighted by atomic mass is 9.81. The zero-order valence-corrected chi connectivity index (χ0v) is 7.86. The maximum atomic E-state index is 10.6. The molecule has 0 radical (unpaired) electrons. The summed E-state index contributed by atoms with van der Waals surface area (Å²) in [4.78, 5) is 10.8. The van der Waals surface area contributed by atoms with Gasteiger partial charge in [-0.15, -0.1) is 11.8 Å². The number of rotatable bonds is 1. The number of nitrogens with one attached hydrogen (secondary N) is 1. The first-order valence-electron chi connectivity index (χ1n) is 4.26. The summed E-state index contributed by atoms with van der Waals surface area (Å²) in [5.74, 6) is 0.777. The molecule has 2 N–H and O–H groups in total. The Morgan fingerprint density at radius 1 is 1.67 bits per heavy atom. The van der Waals surface area contributed by atoms with Gasteiger partial charge in [-0.2, -0.15) is 0 Å². The highest BCUT2D eigenvalue weighted by Crippen LogP contribution is 2.49. The lowest BCUT2D eigenvalue weighted by molar-refractivity contribution is -0.139. The quantitative estimate of drug-likeness (QED) is 0.640. The van der Waals surface area contributed by atoms with Crippen molar-refractivity contribution >= 4 is 17.7 Å². The largest absolute Gasteiger partial charge is 0.480 e. The number of carbonyl (C=O) groups is 1. The molecular formula is C8H13NO2S. The topological polar surface area (TPSA) is 49.3 Å². The van der Waals surface area contributed by atoms with Crippen molar-refractivity contribution in [2.24, 2.45) is 5.92 Å². The van der Waals surface area contributed by atoms with Crippen LogP contribution in [0.5, 0.6) is 0 Å².